The Morgan fingerprint density at radius 1 is 0.810 bits per heavy atom. The number of carbonyl (C=O) groups is 1. The molecule has 2 nitrogen and oxygen atoms in total. The summed E-state index contributed by atoms with van der Waals surface area (Å²) in [4.78, 5) is 10.5. The van der Waals surface area contributed by atoms with Crippen molar-refractivity contribution in [3.05, 3.63) is 0 Å². The maximum Gasteiger partial charge on any atom is 0.303 e. The van der Waals surface area contributed by atoms with E-state index in [-0.39, 0.29) is 0 Å². The third kappa shape index (κ3) is 18.2. The summed E-state index contributed by atoms with van der Waals surface area (Å²) in [5, 5.41) is 8.69. The molecule has 0 aromatic heterocycles. The van der Waals surface area contributed by atoms with Gasteiger partial charge in [0.05, 0.1) is 0 Å². The molecule has 0 saturated carbocycles. The Morgan fingerprint density at radius 2 is 1.19 bits per heavy atom. The molecule has 0 rings (SSSR count). The van der Waals surface area contributed by atoms with Gasteiger partial charge in [-0.3, -0.25) is 4.79 Å². The molecule has 0 spiro atoms. The maximum absolute atomic E-state index is 10.5. The fraction of sp³-hybridized carbons (Fsp3) is 0.944. The van der Waals surface area contributed by atoms with Gasteiger partial charge in [0, 0.05) is 6.42 Å². The van der Waals surface area contributed by atoms with Crippen molar-refractivity contribution in [1.82, 2.24) is 0 Å². The summed E-state index contributed by atoms with van der Waals surface area (Å²) in [6.07, 6.45) is 17.9. The highest BCUT2D eigenvalue weighted by Gasteiger charge is 2.06. The first kappa shape index (κ1) is 21.2. The summed E-state index contributed by atoms with van der Waals surface area (Å²) in [6, 6.07) is 0. The average Bonchev–Trinajstić information content (AvgIpc) is 2.43. The van der Waals surface area contributed by atoms with Gasteiger partial charge in [-0.1, -0.05) is 107 Å². The molecule has 1 atom stereocenters. The van der Waals surface area contributed by atoms with Gasteiger partial charge in [0.25, 0.3) is 0 Å². The quantitative estimate of drug-likeness (QED) is 0.177. The van der Waals surface area contributed by atoms with E-state index in [0.29, 0.717) is 12.3 Å². The zero-order valence-electron chi connectivity index (χ0n) is 13.9. The molecule has 0 aliphatic rings. The molecule has 0 heterocycles. The molecular formula is C18H35IO2. The lowest BCUT2D eigenvalue weighted by Crippen LogP contribution is -2.03. The van der Waals surface area contributed by atoms with E-state index in [1.54, 1.807) is 0 Å². The van der Waals surface area contributed by atoms with E-state index in [1.807, 2.05) is 6.92 Å². The van der Waals surface area contributed by atoms with Crippen LogP contribution in [0.4, 0.5) is 0 Å². The topological polar surface area (TPSA) is 37.3 Å². The Hall–Kier alpha value is 0.200. The summed E-state index contributed by atoms with van der Waals surface area (Å²) in [5.41, 5.74) is 0. The lowest BCUT2D eigenvalue weighted by atomic mass is 9.99. The first-order valence-corrected chi connectivity index (χ1v) is 10.5. The molecule has 0 radical (unpaired) electrons. The molecule has 21 heavy (non-hydrogen) atoms. The largest absolute Gasteiger partial charge is 0.481 e. The van der Waals surface area contributed by atoms with Crippen molar-refractivity contribution in [3.8, 4) is 0 Å². The predicted molar refractivity (Wildman–Crippen MR) is 100 cm³/mol. The first-order chi connectivity index (χ1) is 10.2. The second-order valence-electron chi connectivity index (χ2n) is 6.42. The molecule has 126 valence electrons. The van der Waals surface area contributed by atoms with Crippen LogP contribution < -0.4 is 0 Å². The second-order valence-corrected chi connectivity index (χ2v) is 7.50. The number of alkyl halides is 1. The maximum atomic E-state index is 10.5. The van der Waals surface area contributed by atoms with E-state index in [9.17, 15) is 4.79 Å². The molecule has 0 aromatic carbocycles. The van der Waals surface area contributed by atoms with E-state index in [1.165, 1.54) is 81.5 Å². The van der Waals surface area contributed by atoms with Crippen LogP contribution in [0.1, 0.15) is 96.8 Å². The van der Waals surface area contributed by atoms with E-state index in [2.05, 4.69) is 22.6 Å². The van der Waals surface area contributed by atoms with Gasteiger partial charge in [-0.05, 0) is 16.8 Å². The van der Waals surface area contributed by atoms with Gasteiger partial charge in [0.2, 0.25) is 0 Å². The molecule has 0 fully saturated rings. The lowest BCUT2D eigenvalue weighted by molar-refractivity contribution is -0.138. The smallest absolute Gasteiger partial charge is 0.303 e. The van der Waals surface area contributed by atoms with E-state index < -0.39 is 5.97 Å². The van der Waals surface area contributed by atoms with Gasteiger partial charge in [0.15, 0.2) is 0 Å². The predicted octanol–water partition coefficient (Wildman–Crippen LogP) is 6.60. The summed E-state index contributed by atoms with van der Waals surface area (Å²) >= 11 is 2.46. The average molecular weight is 410 g/mol. The zero-order chi connectivity index (χ0) is 15.8. The SMILES string of the molecule is C[C@H](CCCCCCCCCCCCCCI)CC(=O)O. The summed E-state index contributed by atoms with van der Waals surface area (Å²) in [6.45, 7) is 2.05. The molecule has 0 bridgehead atoms. The standard InChI is InChI=1S/C18H35IO2/c1-17(16-18(20)21)14-12-10-8-6-4-2-3-5-7-9-11-13-15-19/h17H,2-16H2,1H3,(H,20,21)/t17-/m1/s1. The second kappa shape index (κ2) is 16.6. The highest BCUT2D eigenvalue weighted by Crippen LogP contribution is 2.16. The van der Waals surface area contributed by atoms with Gasteiger partial charge < -0.3 is 5.11 Å². The van der Waals surface area contributed by atoms with Crippen LogP contribution in [0.15, 0.2) is 0 Å². The van der Waals surface area contributed by atoms with Gasteiger partial charge in [-0.25, -0.2) is 0 Å². The number of carboxylic acid groups (broad SMARTS) is 1. The van der Waals surface area contributed by atoms with Crippen LogP contribution in [0.25, 0.3) is 0 Å². The number of halogens is 1. The minimum absolute atomic E-state index is 0.331. The molecular weight excluding hydrogens is 375 g/mol. The third-order valence-corrected chi connectivity index (χ3v) is 4.87. The van der Waals surface area contributed by atoms with Crippen LogP contribution in [0.3, 0.4) is 0 Å². The van der Waals surface area contributed by atoms with Crippen molar-refractivity contribution in [2.75, 3.05) is 4.43 Å². The Balaban J connectivity index is 3.07. The molecule has 0 aliphatic heterocycles. The number of hydrogen-bond donors (Lipinski definition) is 1. The number of unbranched alkanes of at least 4 members (excludes halogenated alkanes) is 11. The van der Waals surface area contributed by atoms with Gasteiger partial charge in [0.1, 0.15) is 0 Å². The first-order valence-electron chi connectivity index (χ1n) is 8.94. The van der Waals surface area contributed by atoms with Gasteiger partial charge in [-0.2, -0.15) is 0 Å². The van der Waals surface area contributed by atoms with Crippen molar-refractivity contribution in [2.45, 2.75) is 96.8 Å². The minimum Gasteiger partial charge on any atom is -0.481 e. The summed E-state index contributed by atoms with van der Waals surface area (Å²) < 4.78 is 1.31. The van der Waals surface area contributed by atoms with Crippen molar-refractivity contribution < 1.29 is 9.90 Å². The molecule has 3 heteroatoms. The van der Waals surface area contributed by atoms with Gasteiger partial charge >= 0.3 is 5.97 Å². The normalized spacial score (nSPS) is 12.5. The third-order valence-electron chi connectivity index (χ3n) is 4.10. The fourth-order valence-electron chi connectivity index (χ4n) is 2.76. The minimum atomic E-state index is -0.656. The molecule has 0 saturated heterocycles. The van der Waals surface area contributed by atoms with Crippen LogP contribution in [-0.4, -0.2) is 15.5 Å². The van der Waals surface area contributed by atoms with Crippen molar-refractivity contribution in [1.29, 1.82) is 0 Å². The van der Waals surface area contributed by atoms with Crippen LogP contribution in [0, 0.1) is 5.92 Å². The lowest BCUT2D eigenvalue weighted by Gasteiger charge is -2.07. The zero-order valence-corrected chi connectivity index (χ0v) is 16.1. The highest BCUT2D eigenvalue weighted by atomic mass is 127. The summed E-state index contributed by atoms with van der Waals surface area (Å²) in [7, 11) is 0. The Labute approximate surface area is 145 Å². The molecule has 0 amide bonds. The molecule has 1 N–H and O–H groups in total. The number of rotatable bonds is 16. The number of carboxylic acids is 1. The van der Waals surface area contributed by atoms with E-state index in [4.69, 9.17) is 5.11 Å². The van der Waals surface area contributed by atoms with E-state index >= 15 is 0 Å². The molecule has 0 aliphatic carbocycles. The molecule has 0 aromatic rings. The van der Waals surface area contributed by atoms with Crippen LogP contribution >= 0.6 is 22.6 Å². The van der Waals surface area contributed by atoms with E-state index in [0.717, 1.165) is 6.42 Å². The van der Waals surface area contributed by atoms with Crippen LogP contribution in [0.2, 0.25) is 0 Å². The Kier molecular flexibility index (Phi) is 16.7. The molecule has 0 unspecified atom stereocenters. The van der Waals surface area contributed by atoms with Crippen LogP contribution in [-0.2, 0) is 4.79 Å². The van der Waals surface area contributed by atoms with Crippen LogP contribution in [0.5, 0.6) is 0 Å². The Morgan fingerprint density at radius 3 is 1.57 bits per heavy atom. The van der Waals surface area contributed by atoms with Crippen molar-refractivity contribution in [3.63, 3.8) is 0 Å². The number of hydrogen-bond acceptors (Lipinski definition) is 1. The fourth-order valence-corrected chi connectivity index (χ4v) is 3.29. The highest BCUT2D eigenvalue weighted by molar-refractivity contribution is 14.1. The van der Waals surface area contributed by atoms with Crippen molar-refractivity contribution in [2.24, 2.45) is 5.92 Å². The monoisotopic (exact) mass is 410 g/mol. The Bertz CT molecular complexity index is 231. The van der Waals surface area contributed by atoms with Crippen molar-refractivity contribution >= 4 is 28.6 Å². The summed E-state index contributed by atoms with van der Waals surface area (Å²) in [5.74, 6) is -0.313. The van der Waals surface area contributed by atoms with Gasteiger partial charge in [-0.15, -0.1) is 0 Å². The number of aliphatic carboxylic acids is 1.